The molecule has 0 spiro atoms. The third-order valence-corrected chi connectivity index (χ3v) is 6.32. The molecule has 0 bridgehead atoms. The number of aryl methyl sites for hydroxylation is 2. The fourth-order valence-electron chi connectivity index (χ4n) is 4.50. The number of benzene rings is 1. The molecular weight excluding hydrogens is 364 g/mol. The van der Waals surface area contributed by atoms with E-state index in [4.69, 9.17) is 4.74 Å². The Morgan fingerprint density at radius 1 is 1.07 bits per heavy atom. The fraction of sp³-hybridized carbons (Fsp3) is 0.500. The Bertz CT molecular complexity index is 862. The van der Waals surface area contributed by atoms with Gasteiger partial charge in [-0.2, -0.15) is 0 Å². The Morgan fingerprint density at radius 3 is 2.28 bits per heavy atom. The minimum absolute atomic E-state index is 0.129. The molecule has 1 aromatic heterocycles. The Hall–Kier alpha value is -2.40. The Morgan fingerprint density at radius 2 is 1.72 bits per heavy atom. The summed E-state index contributed by atoms with van der Waals surface area (Å²) in [6.07, 6.45) is 1.92. The first-order valence-electron chi connectivity index (χ1n) is 10.5. The summed E-state index contributed by atoms with van der Waals surface area (Å²) in [6, 6.07) is 9.97. The van der Waals surface area contributed by atoms with E-state index in [0.717, 1.165) is 47.7 Å². The summed E-state index contributed by atoms with van der Waals surface area (Å²) in [7, 11) is 0. The van der Waals surface area contributed by atoms with Gasteiger partial charge in [0.25, 0.3) is 0 Å². The predicted molar refractivity (Wildman–Crippen MR) is 114 cm³/mol. The smallest absolute Gasteiger partial charge is 0.316 e. The molecule has 5 nitrogen and oxygen atoms in total. The largest absolute Gasteiger partial charge is 0.465 e. The van der Waals surface area contributed by atoms with Gasteiger partial charge in [-0.1, -0.05) is 30.3 Å². The third-order valence-electron chi connectivity index (χ3n) is 6.32. The van der Waals surface area contributed by atoms with Gasteiger partial charge < -0.3 is 14.6 Å². The number of nitrogens with zero attached hydrogens (tertiary/aromatic N) is 1. The van der Waals surface area contributed by atoms with Crippen LogP contribution in [-0.4, -0.2) is 47.9 Å². The Kier molecular flexibility index (Phi) is 6.58. The summed E-state index contributed by atoms with van der Waals surface area (Å²) in [5.41, 5.74) is 4.35. The van der Waals surface area contributed by atoms with Gasteiger partial charge in [-0.15, -0.1) is 0 Å². The van der Waals surface area contributed by atoms with Gasteiger partial charge in [-0.25, -0.2) is 0 Å². The second-order valence-corrected chi connectivity index (χ2v) is 8.06. The molecule has 1 fully saturated rings. The van der Waals surface area contributed by atoms with Crippen molar-refractivity contribution in [2.75, 3.05) is 26.2 Å². The number of ether oxygens (including phenoxy) is 1. The average Bonchev–Trinajstić information content (AvgIpc) is 2.99. The Labute approximate surface area is 173 Å². The molecular formula is C24H32N2O3. The molecule has 2 heterocycles. The van der Waals surface area contributed by atoms with Crippen LogP contribution in [0.2, 0.25) is 0 Å². The van der Waals surface area contributed by atoms with Crippen molar-refractivity contribution < 1.29 is 14.3 Å². The zero-order valence-corrected chi connectivity index (χ0v) is 18.0. The van der Waals surface area contributed by atoms with Crippen LogP contribution in [0.1, 0.15) is 59.1 Å². The third kappa shape index (κ3) is 4.30. The van der Waals surface area contributed by atoms with Crippen LogP contribution in [0.3, 0.4) is 0 Å². The van der Waals surface area contributed by atoms with E-state index in [1.165, 1.54) is 0 Å². The zero-order chi connectivity index (χ0) is 21.0. The molecule has 156 valence electrons. The monoisotopic (exact) mass is 396 g/mol. The molecule has 0 saturated carbocycles. The molecule has 1 aromatic carbocycles. The van der Waals surface area contributed by atoms with Crippen molar-refractivity contribution in [3.63, 3.8) is 0 Å². The molecule has 0 aliphatic carbocycles. The number of carbonyl (C=O) groups is 2. The van der Waals surface area contributed by atoms with E-state index >= 15 is 0 Å². The van der Waals surface area contributed by atoms with Crippen LogP contribution in [0.4, 0.5) is 0 Å². The van der Waals surface area contributed by atoms with Gasteiger partial charge in [0.1, 0.15) is 0 Å². The number of esters is 1. The number of aromatic amines is 1. The quantitative estimate of drug-likeness (QED) is 0.565. The molecule has 1 N–H and O–H groups in total. The van der Waals surface area contributed by atoms with E-state index in [1.54, 1.807) is 0 Å². The highest BCUT2D eigenvalue weighted by Crippen LogP contribution is 2.37. The van der Waals surface area contributed by atoms with E-state index in [0.29, 0.717) is 25.9 Å². The van der Waals surface area contributed by atoms with Crippen molar-refractivity contribution in [2.45, 2.75) is 52.4 Å². The molecule has 2 aromatic rings. The second kappa shape index (κ2) is 8.95. The van der Waals surface area contributed by atoms with Crippen LogP contribution >= 0.6 is 0 Å². The first-order valence-corrected chi connectivity index (χ1v) is 10.5. The number of Topliss-reactive ketones (excluding diaryl/α,β-unsaturated/α-hetero) is 1. The number of nitrogens with one attached hydrogen (secondary N) is 1. The highest BCUT2D eigenvalue weighted by atomic mass is 16.5. The van der Waals surface area contributed by atoms with Gasteiger partial charge in [0, 0.05) is 29.9 Å². The van der Waals surface area contributed by atoms with Gasteiger partial charge >= 0.3 is 5.97 Å². The van der Waals surface area contributed by atoms with E-state index in [9.17, 15) is 9.59 Å². The van der Waals surface area contributed by atoms with Gasteiger partial charge in [-0.05, 0) is 64.8 Å². The van der Waals surface area contributed by atoms with Crippen molar-refractivity contribution in [1.82, 2.24) is 9.88 Å². The van der Waals surface area contributed by atoms with Crippen LogP contribution in [0, 0.1) is 20.8 Å². The molecule has 5 heteroatoms. The van der Waals surface area contributed by atoms with Crippen molar-refractivity contribution in [3.05, 3.63) is 58.4 Å². The molecule has 1 saturated heterocycles. The number of likely N-dealkylation sites (tertiary alicyclic amines) is 1. The van der Waals surface area contributed by atoms with E-state index in [2.05, 4.69) is 9.88 Å². The Balaban J connectivity index is 1.65. The molecule has 0 atom stereocenters. The topological polar surface area (TPSA) is 62.4 Å². The number of hydrogen-bond donors (Lipinski definition) is 1. The number of rotatable bonds is 7. The van der Waals surface area contributed by atoms with Crippen LogP contribution in [-0.2, 0) is 14.9 Å². The molecule has 0 radical (unpaired) electrons. The molecule has 29 heavy (non-hydrogen) atoms. The van der Waals surface area contributed by atoms with Crippen LogP contribution < -0.4 is 0 Å². The summed E-state index contributed by atoms with van der Waals surface area (Å²) in [4.78, 5) is 31.2. The van der Waals surface area contributed by atoms with Crippen LogP contribution in [0.25, 0.3) is 0 Å². The molecule has 3 rings (SSSR count). The SMILES string of the molecule is CCOC(=O)C1(c2ccccc2)CCN(CCC(=O)c2c(C)[nH]c(C)c2C)CC1. The first kappa shape index (κ1) is 21.3. The highest BCUT2D eigenvalue weighted by Gasteiger charge is 2.44. The van der Waals surface area contributed by atoms with Crippen molar-refractivity contribution >= 4 is 11.8 Å². The average molecular weight is 397 g/mol. The standard InChI is InChI=1S/C24H32N2O3/c1-5-29-23(28)24(20-9-7-6-8-10-20)12-15-26(16-13-24)14-11-21(27)22-17(2)18(3)25-19(22)4/h6-10,25H,5,11-16H2,1-4H3. The lowest BCUT2D eigenvalue weighted by Gasteiger charge is -2.40. The van der Waals surface area contributed by atoms with Crippen LogP contribution in [0.5, 0.6) is 0 Å². The normalized spacial score (nSPS) is 16.6. The maximum absolute atomic E-state index is 12.9. The van der Waals surface area contributed by atoms with Gasteiger partial charge in [0.05, 0.1) is 12.0 Å². The van der Waals surface area contributed by atoms with Gasteiger partial charge in [0.2, 0.25) is 0 Å². The molecule has 1 aliphatic rings. The molecule has 0 amide bonds. The maximum atomic E-state index is 12.9. The predicted octanol–water partition coefficient (Wildman–Crippen LogP) is 4.11. The van der Waals surface area contributed by atoms with Crippen molar-refractivity contribution in [2.24, 2.45) is 0 Å². The molecule has 0 unspecified atom stereocenters. The summed E-state index contributed by atoms with van der Waals surface area (Å²) in [5, 5.41) is 0. The minimum atomic E-state index is -0.581. The lowest BCUT2D eigenvalue weighted by atomic mass is 9.72. The maximum Gasteiger partial charge on any atom is 0.316 e. The number of ketones is 1. The number of carbonyl (C=O) groups excluding carboxylic acids is 2. The fourth-order valence-corrected chi connectivity index (χ4v) is 4.50. The number of aromatic nitrogens is 1. The summed E-state index contributed by atoms with van der Waals surface area (Å²) in [5.74, 6) is 0.0608. The lowest BCUT2D eigenvalue weighted by molar-refractivity contribution is -0.152. The minimum Gasteiger partial charge on any atom is -0.465 e. The van der Waals surface area contributed by atoms with E-state index in [-0.39, 0.29) is 11.8 Å². The molecule has 1 aliphatic heterocycles. The number of H-pyrrole nitrogens is 1. The zero-order valence-electron chi connectivity index (χ0n) is 18.0. The summed E-state index contributed by atoms with van der Waals surface area (Å²) in [6.45, 7) is 10.5. The van der Waals surface area contributed by atoms with Crippen molar-refractivity contribution in [1.29, 1.82) is 0 Å². The second-order valence-electron chi connectivity index (χ2n) is 8.06. The van der Waals surface area contributed by atoms with Gasteiger partial charge in [-0.3, -0.25) is 9.59 Å². The summed E-state index contributed by atoms with van der Waals surface area (Å²) >= 11 is 0. The van der Waals surface area contributed by atoms with E-state index in [1.807, 2.05) is 58.0 Å². The number of hydrogen-bond acceptors (Lipinski definition) is 4. The van der Waals surface area contributed by atoms with Crippen LogP contribution in [0.15, 0.2) is 30.3 Å². The summed E-state index contributed by atoms with van der Waals surface area (Å²) < 4.78 is 5.44. The van der Waals surface area contributed by atoms with Gasteiger partial charge in [0.15, 0.2) is 5.78 Å². The van der Waals surface area contributed by atoms with E-state index < -0.39 is 5.41 Å². The highest BCUT2D eigenvalue weighted by molar-refractivity contribution is 5.99. The lowest BCUT2D eigenvalue weighted by Crippen LogP contribution is -2.48. The van der Waals surface area contributed by atoms with Crippen molar-refractivity contribution in [3.8, 4) is 0 Å². The first-order chi connectivity index (χ1) is 13.9. The number of piperidine rings is 1.